The van der Waals surface area contributed by atoms with Crippen molar-refractivity contribution < 1.29 is 30.3 Å². The highest BCUT2D eigenvalue weighted by atomic mass is 16.7. The minimum atomic E-state index is -1.78. The van der Waals surface area contributed by atoms with Crippen LogP contribution >= 0.6 is 0 Å². The van der Waals surface area contributed by atoms with Crippen LogP contribution in [-0.2, 0) is 4.74 Å². The lowest BCUT2D eigenvalue weighted by molar-refractivity contribution is -0.429. The fourth-order valence-electron chi connectivity index (χ4n) is 2.16. The Hall–Kier alpha value is -0.240. The topological polar surface area (TPSA) is 110 Å². The van der Waals surface area contributed by atoms with Gasteiger partial charge >= 0.3 is 0 Å². The second-order valence-corrected chi connectivity index (χ2v) is 3.56. The van der Waals surface area contributed by atoms with Gasteiger partial charge in [-0.25, -0.2) is 0 Å². The third-order valence-electron chi connectivity index (χ3n) is 2.95. The molecule has 76 valence electrons. The van der Waals surface area contributed by atoms with E-state index in [0.29, 0.717) is 0 Å². The van der Waals surface area contributed by atoms with E-state index in [2.05, 4.69) is 4.74 Å². The molecule has 2 aliphatic rings. The molecule has 6 atom stereocenters. The van der Waals surface area contributed by atoms with Gasteiger partial charge in [-0.05, 0) is 0 Å². The van der Waals surface area contributed by atoms with Crippen molar-refractivity contribution in [3.63, 3.8) is 0 Å². The SMILES string of the molecule is OCC1[C@@H](O)C(O)C2[C@H](O)OC12O. The van der Waals surface area contributed by atoms with E-state index < -0.39 is 42.7 Å². The lowest BCUT2D eigenvalue weighted by Gasteiger charge is -2.47. The summed E-state index contributed by atoms with van der Waals surface area (Å²) in [5.41, 5.74) is 0. The Morgan fingerprint density at radius 1 is 1.15 bits per heavy atom. The number of aliphatic hydroxyl groups is 5. The van der Waals surface area contributed by atoms with E-state index >= 15 is 0 Å². The minimum Gasteiger partial charge on any atom is -0.396 e. The molecule has 0 bridgehead atoms. The third-order valence-corrected chi connectivity index (χ3v) is 2.95. The predicted octanol–water partition coefficient (Wildman–Crippen LogP) is -3.02. The summed E-state index contributed by atoms with van der Waals surface area (Å²) in [4.78, 5) is 0. The summed E-state index contributed by atoms with van der Waals surface area (Å²) < 4.78 is 4.63. The van der Waals surface area contributed by atoms with Crippen LogP contribution in [0.3, 0.4) is 0 Å². The zero-order valence-electron chi connectivity index (χ0n) is 6.74. The van der Waals surface area contributed by atoms with E-state index in [9.17, 15) is 15.3 Å². The smallest absolute Gasteiger partial charge is 0.186 e. The van der Waals surface area contributed by atoms with Gasteiger partial charge in [0, 0.05) is 0 Å². The molecular formula is C7H12O6. The molecule has 1 aliphatic heterocycles. The number of hydrogen-bond acceptors (Lipinski definition) is 6. The van der Waals surface area contributed by atoms with Crippen LogP contribution in [0.2, 0.25) is 0 Å². The van der Waals surface area contributed by atoms with Gasteiger partial charge in [-0.3, -0.25) is 0 Å². The summed E-state index contributed by atoms with van der Waals surface area (Å²) in [6, 6.07) is 0. The van der Waals surface area contributed by atoms with Crippen molar-refractivity contribution in [1.82, 2.24) is 0 Å². The third kappa shape index (κ3) is 0.927. The van der Waals surface area contributed by atoms with Crippen molar-refractivity contribution in [1.29, 1.82) is 0 Å². The molecule has 6 nitrogen and oxygen atoms in total. The summed E-state index contributed by atoms with van der Waals surface area (Å²) in [6.45, 7) is -0.502. The summed E-state index contributed by atoms with van der Waals surface area (Å²) in [7, 11) is 0. The zero-order chi connectivity index (χ0) is 9.80. The molecule has 0 amide bonds. The maximum atomic E-state index is 9.66. The fourth-order valence-corrected chi connectivity index (χ4v) is 2.16. The van der Waals surface area contributed by atoms with Crippen LogP contribution in [0.5, 0.6) is 0 Å². The van der Waals surface area contributed by atoms with Crippen molar-refractivity contribution >= 4 is 0 Å². The summed E-state index contributed by atoms with van der Waals surface area (Å²) >= 11 is 0. The Balaban J connectivity index is 2.25. The van der Waals surface area contributed by atoms with Crippen LogP contribution in [-0.4, -0.2) is 56.4 Å². The quantitative estimate of drug-likeness (QED) is 0.302. The van der Waals surface area contributed by atoms with Gasteiger partial charge in [0.1, 0.15) is 0 Å². The average molecular weight is 192 g/mol. The van der Waals surface area contributed by atoms with Crippen LogP contribution in [0.4, 0.5) is 0 Å². The predicted molar refractivity (Wildman–Crippen MR) is 38.1 cm³/mol. The summed E-state index contributed by atoms with van der Waals surface area (Å²) in [6.07, 6.45) is -3.80. The lowest BCUT2D eigenvalue weighted by Crippen LogP contribution is -2.62. The van der Waals surface area contributed by atoms with Crippen LogP contribution < -0.4 is 0 Å². The molecule has 0 spiro atoms. The van der Waals surface area contributed by atoms with E-state index in [1.807, 2.05) is 0 Å². The lowest BCUT2D eigenvalue weighted by atomic mass is 9.89. The highest BCUT2D eigenvalue weighted by molar-refractivity contribution is 5.09. The molecule has 4 unspecified atom stereocenters. The van der Waals surface area contributed by atoms with Crippen molar-refractivity contribution in [2.24, 2.45) is 11.8 Å². The molecule has 13 heavy (non-hydrogen) atoms. The normalized spacial score (nSPS) is 60.2. The van der Waals surface area contributed by atoms with Gasteiger partial charge in [-0.15, -0.1) is 0 Å². The summed E-state index contributed by atoms with van der Waals surface area (Å²) in [5.74, 6) is -3.68. The van der Waals surface area contributed by atoms with Crippen molar-refractivity contribution in [2.45, 2.75) is 24.3 Å². The first-order valence-electron chi connectivity index (χ1n) is 4.07. The molecule has 0 aromatic heterocycles. The molecule has 6 heteroatoms. The molecule has 2 fully saturated rings. The Kier molecular flexibility index (Phi) is 1.88. The Bertz CT molecular complexity index is 209. The first-order valence-corrected chi connectivity index (χ1v) is 4.07. The first kappa shape index (κ1) is 9.32. The van der Waals surface area contributed by atoms with E-state index in [1.165, 1.54) is 0 Å². The molecule has 1 saturated carbocycles. The molecule has 1 saturated heterocycles. The van der Waals surface area contributed by atoms with Crippen LogP contribution in [0, 0.1) is 11.8 Å². The maximum Gasteiger partial charge on any atom is 0.186 e. The Morgan fingerprint density at radius 3 is 2.15 bits per heavy atom. The second kappa shape index (κ2) is 2.63. The monoisotopic (exact) mass is 192 g/mol. The fraction of sp³-hybridized carbons (Fsp3) is 1.00. The van der Waals surface area contributed by atoms with Gasteiger partial charge in [-0.2, -0.15) is 0 Å². The molecule has 2 rings (SSSR count). The Labute approximate surface area is 74.0 Å². The van der Waals surface area contributed by atoms with E-state index in [-0.39, 0.29) is 0 Å². The van der Waals surface area contributed by atoms with Crippen molar-refractivity contribution in [3.8, 4) is 0 Å². The molecule has 0 radical (unpaired) electrons. The number of hydrogen-bond donors (Lipinski definition) is 5. The molecule has 5 N–H and O–H groups in total. The van der Waals surface area contributed by atoms with Gasteiger partial charge in [0.05, 0.1) is 30.7 Å². The highest BCUT2D eigenvalue weighted by Crippen LogP contribution is 2.51. The largest absolute Gasteiger partial charge is 0.396 e. The van der Waals surface area contributed by atoms with Crippen LogP contribution in [0.1, 0.15) is 0 Å². The van der Waals surface area contributed by atoms with Gasteiger partial charge < -0.3 is 30.3 Å². The van der Waals surface area contributed by atoms with Crippen molar-refractivity contribution in [3.05, 3.63) is 0 Å². The van der Waals surface area contributed by atoms with Crippen LogP contribution in [0.15, 0.2) is 0 Å². The molecule has 1 heterocycles. The maximum absolute atomic E-state index is 9.66. The van der Waals surface area contributed by atoms with E-state index in [4.69, 9.17) is 10.2 Å². The van der Waals surface area contributed by atoms with Gasteiger partial charge in [0.2, 0.25) is 0 Å². The summed E-state index contributed by atoms with van der Waals surface area (Å²) in [5, 5.41) is 46.3. The molecular weight excluding hydrogens is 180 g/mol. The minimum absolute atomic E-state index is 0.502. The molecule has 0 aromatic rings. The van der Waals surface area contributed by atoms with E-state index in [1.54, 1.807) is 0 Å². The highest BCUT2D eigenvalue weighted by Gasteiger charge is 2.70. The number of rotatable bonds is 1. The molecule has 0 aromatic carbocycles. The van der Waals surface area contributed by atoms with Gasteiger partial charge in [-0.1, -0.05) is 0 Å². The zero-order valence-corrected chi connectivity index (χ0v) is 6.74. The van der Waals surface area contributed by atoms with Crippen LogP contribution in [0.25, 0.3) is 0 Å². The average Bonchev–Trinajstić information content (AvgIpc) is 2.17. The van der Waals surface area contributed by atoms with Gasteiger partial charge in [0.25, 0.3) is 0 Å². The standard InChI is InChI=1S/C7H12O6/c8-1-2-4(9)5(10)3-6(11)13-7(2,3)12/h2-6,8-12H,1H2/t2?,3?,4-,5?,6-,7?/m1/s1. The number of fused-ring (bicyclic) bond motifs is 1. The first-order chi connectivity index (χ1) is 6.02. The second-order valence-electron chi connectivity index (χ2n) is 3.56. The van der Waals surface area contributed by atoms with Gasteiger partial charge in [0.15, 0.2) is 12.1 Å². The number of ether oxygens (including phenoxy) is 1. The van der Waals surface area contributed by atoms with E-state index in [0.717, 1.165) is 0 Å². The Morgan fingerprint density at radius 2 is 1.77 bits per heavy atom. The molecule has 1 aliphatic carbocycles. The number of aliphatic hydroxyl groups excluding tert-OH is 4. The van der Waals surface area contributed by atoms with Crippen molar-refractivity contribution in [2.75, 3.05) is 6.61 Å².